The molecule has 0 saturated heterocycles. The van der Waals surface area contributed by atoms with Gasteiger partial charge in [0.05, 0.1) is 4.90 Å². The topological polar surface area (TPSA) is 116 Å². The molecule has 1 amide bonds. The Labute approximate surface area is 161 Å². The van der Waals surface area contributed by atoms with Crippen LogP contribution in [0.2, 0.25) is 0 Å². The minimum absolute atomic E-state index is 0.0337. The van der Waals surface area contributed by atoms with Gasteiger partial charge in [-0.15, -0.1) is 11.3 Å². The van der Waals surface area contributed by atoms with Gasteiger partial charge in [-0.2, -0.15) is 0 Å². The van der Waals surface area contributed by atoms with Crippen LogP contribution in [-0.4, -0.2) is 32.9 Å². The molecule has 2 rings (SSSR count). The zero-order valence-electron chi connectivity index (χ0n) is 14.6. The van der Waals surface area contributed by atoms with Crippen LogP contribution in [0, 0.1) is 0 Å². The van der Waals surface area contributed by atoms with E-state index in [2.05, 4.69) is 5.32 Å². The van der Waals surface area contributed by atoms with Crippen LogP contribution in [0.5, 0.6) is 0 Å². The largest absolute Gasteiger partial charge is 0.449 e. The van der Waals surface area contributed by atoms with Gasteiger partial charge in [0.2, 0.25) is 10.0 Å². The van der Waals surface area contributed by atoms with E-state index < -0.39 is 28.0 Å². The third-order valence-electron chi connectivity index (χ3n) is 3.55. The van der Waals surface area contributed by atoms with E-state index in [1.54, 1.807) is 18.2 Å². The Morgan fingerprint density at radius 3 is 2.56 bits per heavy atom. The highest BCUT2D eigenvalue weighted by molar-refractivity contribution is 7.89. The molecule has 3 N–H and O–H groups in total. The van der Waals surface area contributed by atoms with Crippen molar-refractivity contribution in [2.75, 3.05) is 6.54 Å². The summed E-state index contributed by atoms with van der Waals surface area (Å²) in [6.07, 6.45) is 2.48. The summed E-state index contributed by atoms with van der Waals surface area (Å²) in [6.45, 7) is 1.81. The van der Waals surface area contributed by atoms with Crippen molar-refractivity contribution in [1.82, 2.24) is 5.32 Å². The number of hydrogen-bond donors (Lipinski definition) is 2. The molecule has 0 spiro atoms. The second-order valence-corrected chi connectivity index (χ2v) is 8.20. The number of hydrogen-bond acceptors (Lipinski definition) is 6. The summed E-state index contributed by atoms with van der Waals surface area (Å²) in [6, 6.07) is 9.82. The molecule has 2 aromatic rings. The van der Waals surface area contributed by atoms with E-state index in [1.165, 1.54) is 36.5 Å². The smallest absolute Gasteiger partial charge is 0.331 e. The van der Waals surface area contributed by atoms with Crippen LogP contribution in [0.3, 0.4) is 0 Å². The van der Waals surface area contributed by atoms with Gasteiger partial charge in [-0.3, -0.25) is 4.79 Å². The van der Waals surface area contributed by atoms with Crippen molar-refractivity contribution in [3.63, 3.8) is 0 Å². The van der Waals surface area contributed by atoms with Crippen molar-refractivity contribution in [3.8, 4) is 0 Å². The molecule has 0 fully saturated rings. The Bertz CT molecular complexity index is 904. The number of nitrogens with two attached hydrogens (primary N) is 1. The number of carbonyl (C=O) groups excluding carboxylic acids is 2. The van der Waals surface area contributed by atoms with Crippen LogP contribution in [0.1, 0.15) is 17.4 Å². The van der Waals surface area contributed by atoms with Gasteiger partial charge in [-0.1, -0.05) is 18.2 Å². The number of ether oxygens (including phenoxy) is 1. The average Bonchev–Trinajstić information content (AvgIpc) is 3.13. The SMILES string of the molecule is C[C@@H](OC(=O)/C=C/c1cccs1)C(=O)NCCc1ccc(S(N)(=O)=O)cc1. The van der Waals surface area contributed by atoms with Gasteiger partial charge in [-0.25, -0.2) is 18.4 Å². The number of sulfonamides is 1. The molecule has 1 aromatic carbocycles. The molecule has 0 saturated carbocycles. The van der Waals surface area contributed by atoms with Crippen molar-refractivity contribution in [2.45, 2.75) is 24.3 Å². The molecule has 1 aromatic heterocycles. The fourth-order valence-electron chi connectivity index (χ4n) is 2.12. The Morgan fingerprint density at radius 1 is 1.26 bits per heavy atom. The molecule has 0 aliphatic rings. The molecular formula is C18H20N2O5S2. The molecule has 27 heavy (non-hydrogen) atoms. The van der Waals surface area contributed by atoms with E-state index in [1.807, 2.05) is 17.5 Å². The first-order chi connectivity index (χ1) is 12.8. The molecule has 1 atom stereocenters. The van der Waals surface area contributed by atoms with Gasteiger partial charge in [-0.05, 0) is 48.6 Å². The Balaban J connectivity index is 1.75. The lowest BCUT2D eigenvalue weighted by Crippen LogP contribution is -2.36. The zero-order chi connectivity index (χ0) is 19.9. The number of benzene rings is 1. The van der Waals surface area contributed by atoms with Gasteiger partial charge in [0, 0.05) is 17.5 Å². The summed E-state index contributed by atoms with van der Waals surface area (Å²) in [5.41, 5.74) is 0.839. The highest BCUT2D eigenvalue weighted by Crippen LogP contribution is 2.11. The number of esters is 1. The van der Waals surface area contributed by atoms with Crippen molar-refractivity contribution in [3.05, 3.63) is 58.3 Å². The van der Waals surface area contributed by atoms with Gasteiger partial charge in [0.1, 0.15) is 0 Å². The number of primary sulfonamides is 1. The highest BCUT2D eigenvalue weighted by Gasteiger charge is 2.16. The van der Waals surface area contributed by atoms with E-state index in [0.29, 0.717) is 13.0 Å². The maximum Gasteiger partial charge on any atom is 0.331 e. The van der Waals surface area contributed by atoms with Crippen molar-refractivity contribution < 1.29 is 22.7 Å². The van der Waals surface area contributed by atoms with Crippen molar-refractivity contribution >= 4 is 39.3 Å². The molecule has 144 valence electrons. The molecule has 1 heterocycles. The third kappa shape index (κ3) is 6.97. The summed E-state index contributed by atoms with van der Waals surface area (Å²) in [5, 5.41) is 9.60. The highest BCUT2D eigenvalue weighted by atomic mass is 32.2. The summed E-state index contributed by atoms with van der Waals surface area (Å²) in [5.74, 6) is -1.00. The second kappa shape index (κ2) is 9.45. The number of carbonyl (C=O) groups is 2. The second-order valence-electron chi connectivity index (χ2n) is 5.66. The lowest BCUT2D eigenvalue weighted by atomic mass is 10.1. The maximum atomic E-state index is 12.0. The number of thiophene rings is 1. The van der Waals surface area contributed by atoms with E-state index in [0.717, 1.165) is 10.4 Å². The lowest BCUT2D eigenvalue weighted by molar-refractivity contribution is -0.150. The standard InChI is InChI=1S/C18H20N2O5S2/c1-13(25-17(21)9-6-15-3-2-12-26-15)18(22)20-11-10-14-4-7-16(8-5-14)27(19,23)24/h2-9,12-13H,10-11H2,1H3,(H,20,22)(H2,19,23,24)/b9-6+/t13-/m1/s1. The Morgan fingerprint density at radius 2 is 1.96 bits per heavy atom. The van der Waals surface area contributed by atoms with Crippen LogP contribution in [-0.2, 0) is 30.8 Å². The molecule has 9 heteroatoms. The molecular weight excluding hydrogens is 388 g/mol. The quantitative estimate of drug-likeness (QED) is 0.509. The maximum absolute atomic E-state index is 12.0. The van der Waals surface area contributed by atoms with Gasteiger partial charge < -0.3 is 10.1 Å². The summed E-state index contributed by atoms with van der Waals surface area (Å²) in [4.78, 5) is 24.6. The van der Waals surface area contributed by atoms with Crippen LogP contribution in [0.15, 0.2) is 52.7 Å². The summed E-state index contributed by atoms with van der Waals surface area (Å²) < 4.78 is 27.5. The molecule has 0 bridgehead atoms. The number of nitrogens with one attached hydrogen (secondary N) is 1. The van der Waals surface area contributed by atoms with Crippen molar-refractivity contribution in [2.24, 2.45) is 5.14 Å². The molecule has 0 unspecified atom stereocenters. The predicted molar refractivity (Wildman–Crippen MR) is 103 cm³/mol. The summed E-state index contributed by atoms with van der Waals surface area (Å²) >= 11 is 1.49. The summed E-state index contributed by atoms with van der Waals surface area (Å²) in [7, 11) is -3.72. The first-order valence-corrected chi connectivity index (χ1v) is 10.5. The van der Waals surface area contributed by atoms with Crippen LogP contribution in [0.25, 0.3) is 6.08 Å². The lowest BCUT2D eigenvalue weighted by Gasteiger charge is -2.12. The number of amides is 1. The molecule has 0 radical (unpaired) electrons. The molecule has 7 nitrogen and oxygen atoms in total. The average molecular weight is 409 g/mol. The number of rotatable bonds is 8. The van der Waals surface area contributed by atoms with Crippen molar-refractivity contribution in [1.29, 1.82) is 0 Å². The normalized spacial score (nSPS) is 12.7. The van der Waals surface area contributed by atoms with E-state index in [-0.39, 0.29) is 4.90 Å². The minimum Gasteiger partial charge on any atom is -0.449 e. The van der Waals surface area contributed by atoms with Crippen LogP contribution < -0.4 is 10.5 Å². The fourth-order valence-corrected chi connectivity index (χ4v) is 3.26. The Kier molecular flexibility index (Phi) is 7.28. The first-order valence-electron chi connectivity index (χ1n) is 8.07. The van der Waals surface area contributed by atoms with Crippen LogP contribution >= 0.6 is 11.3 Å². The fraction of sp³-hybridized carbons (Fsp3) is 0.222. The zero-order valence-corrected chi connectivity index (χ0v) is 16.3. The molecule has 0 aliphatic heterocycles. The van der Waals surface area contributed by atoms with Crippen LogP contribution in [0.4, 0.5) is 0 Å². The van der Waals surface area contributed by atoms with E-state index >= 15 is 0 Å². The van der Waals surface area contributed by atoms with Gasteiger partial charge >= 0.3 is 5.97 Å². The first kappa shape index (κ1) is 20.8. The Hall–Kier alpha value is -2.49. The van der Waals surface area contributed by atoms with Gasteiger partial charge in [0.25, 0.3) is 5.91 Å². The minimum atomic E-state index is -3.72. The third-order valence-corrected chi connectivity index (χ3v) is 5.32. The monoisotopic (exact) mass is 408 g/mol. The molecule has 0 aliphatic carbocycles. The predicted octanol–water partition coefficient (Wildman–Crippen LogP) is 1.70. The van der Waals surface area contributed by atoms with E-state index in [4.69, 9.17) is 9.88 Å². The van der Waals surface area contributed by atoms with Gasteiger partial charge in [0.15, 0.2) is 6.10 Å². The van der Waals surface area contributed by atoms with E-state index in [9.17, 15) is 18.0 Å².